The first kappa shape index (κ1) is 14.1. The second kappa shape index (κ2) is 5.61. The summed E-state index contributed by atoms with van der Waals surface area (Å²) < 4.78 is -1.70. The number of Topliss-reactive ketones (excluding diaryl/α,β-unsaturated/α-hetero) is 1. The van der Waals surface area contributed by atoms with Crippen molar-refractivity contribution in [1.82, 2.24) is 0 Å². The van der Waals surface area contributed by atoms with E-state index >= 15 is 0 Å². The number of benzene rings is 1. The number of halogens is 5. The van der Waals surface area contributed by atoms with Crippen LogP contribution in [0.3, 0.4) is 0 Å². The average molecular weight is 318 g/mol. The van der Waals surface area contributed by atoms with E-state index in [4.69, 9.17) is 58.0 Å². The van der Waals surface area contributed by atoms with Gasteiger partial charge < -0.3 is 0 Å². The van der Waals surface area contributed by atoms with Crippen molar-refractivity contribution in [3.63, 3.8) is 0 Å². The summed E-state index contributed by atoms with van der Waals surface area (Å²) in [5, 5.41) is 0.375. The number of rotatable bonds is 2. The Bertz CT molecular complexity index is 416. The molecular formula is C10H5Cl5O. The highest BCUT2D eigenvalue weighted by molar-refractivity contribution is 6.69. The van der Waals surface area contributed by atoms with E-state index in [9.17, 15) is 4.79 Å². The lowest BCUT2D eigenvalue weighted by molar-refractivity contribution is 0.104. The summed E-state index contributed by atoms with van der Waals surface area (Å²) in [6.07, 6.45) is 1.05. The van der Waals surface area contributed by atoms with E-state index in [1.807, 2.05) is 0 Å². The molecule has 0 amide bonds. The molecule has 16 heavy (non-hydrogen) atoms. The molecular weight excluding hydrogens is 313 g/mol. The van der Waals surface area contributed by atoms with Crippen LogP contribution in [0.5, 0.6) is 0 Å². The van der Waals surface area contributed by atoms with E-state index in [0.717, 1.165) is 6.08 Å². The molecule has 1 nitrogen and oxygen atoms in total. The first-order chi connectivity index (χ1) is 7.29. The minimum absolute atomic E-state index is 0.151. The van der Waals surface area contributed by atoms with Crippen molar-refractivity contribution in [2.24, 2.45) is 0 Å². The summed E-state index contributed by atoms with van der Waals surface area (Å²) >= 11 is 27.8. The molecule has 1 aromatic rings. The molecule has 0 N–H and O–H groups in total. The van der Waals surface area contributed by atoms with Gasteiger partial charge in [0.25, 0.3) is 0 Å². The highest BCUT2D eigenvalue weighted by Gasteiger charge is 2.20. The Morgan fingerprint density at radius 3 is 2.06 bits per heavy atom. The molecule has 6 heteroatoms. The van der Waals surface area contributed by atoms with E-state index in [0.29, 0.717) is 10.6 Å². The molecule has 0 saturated carbocycles. The van der Waals surface area contributed by atoms with Crippen LogP contribution in [0.25, 0.3) is 0 Å². The molecule has 1 aromatic carbocycles. The van der Waals surface area contributed by atoms with Crippen LogP contribution in [0, 0.1) is 0 Å². The second-order valence-corrected chi connectivity index (χ2v) is 6.08. The molecule has 0 aromatic heterocycles. The Morgan fingerprint density at radius 1 is 1.12 bits per heavy atom. The summed E-state index contributed by atoms with van der Waals surface area (Å²) in [5.41, 5.74) is 0.375. The molecule has 0 saturated heterocycles. The number of carbonyl (C=O) groups excluding carboxylic acids is 1. The summed E-state index contributed by atoms with van der Waals surface area (Å²) in [6.45, 7) is 0. The maximum absolute atomic E-state index is 11.7. The van der Waals surface area contributed by atoms with Crippen LogP contribution in [0.2, 0.25) is 5.02 Å². The largest absolute Gasteiger partial charge is 0.288 e. The zero-order valence-corrected chi connectivity index (χ0v) is 11.5. The third kappa shape index (κ3) is 4.52. The Labute approximate surface area is 118 Å². The second-order valence-electron chi connectivity index (χ2n) is 2.87. The van der Waals surface area contributed by atoms with Gasteiger partial charge in [0.05, 0.1) is 5.03 Å². The summed E-state index contributed by atoms with van der Waals surface area (Å²) in [7, 11) is 0. The molecule has 0 aliphatic rings. The normalized spacial score (nSPS) is 12.7. The van der Waals surface area contributed by atoms with Gasteiger partial charge in [-0.1, -0.05) is 58.0 Å². The van der Waals surface area contributed by atoms with Crippen molar-refractivity contribution in [3.05, 3.63) is 46.0 Å². The minimum Gasteiger partial charge on any atom is -0.288 e. The first-order valence-corrected chi connectivity index (χ1v) is 5.94. The molecule has 86 valence electrons. The van der Waals surface area contributed by atoms with Gasteiger partial charge in [0.2, 0.25) is 9.58 Å². The van der Waals surface area contributed by atoms with Gasteiger partial charge in [0.15, 0.2) is 0 Å². The van der Waals surface area contributed by atoms with Crippen molar-refractivity contribution < 1.29 is 4.79 Å². The number of allylic oxidation sites excluding steroid dienone is 2. The summed E-state index contributed by atoms with van der Waals surface area (Å²) in [5.74, 6) is -0.426. The maximum atomic E-state index is 11.7. The van der Waals surface area contributed by atoms with Gasteiger partial charge in [-0.3, -0.25) is 4.79 Å². The minimum atomic E-state index is -1.70. The Kier molecular flexibility index (Phi) is 4.96. The van der Waals surface area contributed by atoms with Crippen molar-refractivity contribution in [1.29, 1.82) is 0 Å². The summed E-state index contributed by atoms with van der Waals surface area (Å²) in [6, 6.07) is 6.24. The highest BCUT2D eigenvalue weighted by Crippen LogP contribution is 2.30. The molecule has 0 unspecified atom stereocenters. The monoisotopic (exact) mass is 316 g/mol. The molecule has 0 bridgehead atoms. The Hall–Kier alpha value is 0.0800. The van der Waals surface area contributed by atoms with Crippen LogP contribution in [0.15, 0.2) is 35.4 Å². The van der Waals surface area contributed by atoms with Crippen LogP contribution in [0.4, 0.5) is 0 Å². The van der Waals surface area contributed by atoms with Crippen LogP contribution in [-0.4, -0.2) is 9.58 Å². The number of hydrogen-bond acceptors (Lipinski definition) is 1. The SMILES string of the molecule is O=C(C(Cl)=CC(Cl)(Cl)Cl)c1ccc(Cl)cc1. The smallest absolute Gasteiger partial charge is 0.211 e. The summed E-state index contributed by atoms with van der Waals surface area (Å²) in [4.78, 5) is 11.7. The van der Waals surface area contributed by atoms with E-state index < -0.39 is 9.58 Å². The molecule has 0 spiro atoms. The lowest BCUT2D eigenvalue weighted by Crippen LogP contribution is -2.04. The van der Waals surface area contributed by atoms with Crippen LogP contribution >= 0.6 is 58.0 Å². The molecule has 0 atom stereocenters. The predicted molar refractivity (Wildman–Crippen MR) is 70.0 cm³/mol. The lowest BCUT2D eigenvalue weighted by Gasteiger charge is -2.05. The van der Waals surface area contributed by atoms with Gasteiger partial charge in [0, 0.05) is 10.6 Å². The fourth-order valence-electron chi connectivity index (χ4n) is 0.948. The van der Waals surface area contributed by atoms with Crippen molar-refractivity contribution in [3.8, 4) is 0 Å². The fourth-order valence-corrected chi connectivity index (χ4v) is 1.84. The maximum Gasteiger partial charge on any atom is 0.211 e. The molecule has 0 heterocycles. The number of ketones is 1. The topological polar surface area (TPSA) is 17.1 Å². The quantitative estimate of drug-likeness (QED) is 0.425. The number of carbonyl (C=O) groups is 1. The number of hydrogen-bond donors (Lipinski definition) is 0. The first-order valence-electron chi connectivity index (χ1n) is 4.05. The van der Waals surface area contributed by atoms with Crippen molar-refractivity contribution in [2.75, 3.05) is 0 Å². The molecule has 0 aliphatic carbocycles. The van der Waals surface area contributed by atoms with Gasteiger partial charge in [0.1, 0.15) is 0 Å². The molecule has 1 rings (SSSR count). The van der Waals surface area contributed by atoms with E-state index in [2.05, 4.69) is 0 Å². The lowest BCUT2D eigenvalue weighted by atomic mass is 10.1. The van der Waals surface area contributed by atoms with Gasteiger partial charge in [-0.15, -0.1) is 0 Å². The van der Waals surface area contributed by atoms with E-state index in [1.54, 1.807) is 24.3 Å². The molecule has 0 fully saturated rings. The Morgan fingerprint density at radius 2 is 1.62 bits per heavy atom. The van der Waals surface area contributed by atoms with Gasteiger partial charge in [-0.25, -0.2) is 0 Å². The van der Waals surface area contributed by atoms with Crippen molar-refractivity contribution >= 4 is 63.8 Å². The van der Waals surface area contributed by atoms with Crippen LogP contribution < -0.4 is 0 Å². The third-order valence-electron chi connectivity index (χ3n) is 1.61. The zero-order valence-electron chi connectivity index (χ0n) is 7.68. The van der Waals surface area contributed by atoms with E-state index in [1.165, 1.54) is 0 Å². The zero-order chi connectivity index (χ0) is 12.3. The number of alkyl halides is 3. The molecule has 0 aliphatic heterocycles. The van der Waals surface area contributed by atoms with E-state index in [-0.39, 0.29) is 5.03 Å². The standard InChI is InChI=1S/C10H5Cl5O/c11-7-3-1-6(2-4-7)9(16)8(12)5-10(13,14)15/h1-5H. The Balaban J connectivity index is 2.95. The molecule has 0 radical (unpaired) electrons. The fraction of sp³-hybridized carbons (Fsp3) is 0.100. The van der Waals surface area contributed by atoms with Gasteiger partial charge in [-0.05, 0) is 30.3 Å². The van der Waals surface area contributed by atoms with Crippen LogP contribution in [0.1, 0.15) is 10.4 Å². The van der Waals surface area contributed by atoms with Gasteiger partial charge >= 0.3 is 0 Å². The average Bonchev–Trinajstić information content (AvgIpc) is 2.15. The third-order valence-corrected chi connectivity index (χ3v) is 2.47. The van der Waals surface area contributed by atoms with Crippen LogP contribution in [-0.2, 0) is 0 Å². The van der Waals surface area contributed by atoms with Crippen molar-refractivity contribution in [2.45, 2.75) is 3.79 Å². The predicted octanol–water partition coefficient (Wildman–Crippen LogP) is 5.02. The van der Waals surface area contributed by atoms with Gasteiger partial charge in [-0.2, -0.15) is 0 Å². The highest BCUT2D eigenvalue weighted by atomic mass is 35.6.